The third-order valence-electron chi connectivity index (χ3n) is 3.37. The van der Waals surface area contributed by atoms with Gasteiger partial charge in [-0.05, 0) is 0 Å². The second kappa shape index (κ2) is 5.21. The summed E-state index contributed by atoms with van der Waals surface area (Å²) in [5, 5.41) is 5.33. The molecule has 18 heavy (non-hydrogen) atoms. The molecule has 3 rings (SSSR count). The highest BCUT2D eigenvalue weighted by atomic mass is 32.1. The molecular weight excluding hydrogens is 252 g/mol. The Labute approximate surface area is 110 Å². The molecule has 1 aromatic rings. The Bertz CT molecular complexity index is 411. The molecule has 1 atom stereocenters. The largest absolute Gasteiger partial charge is 0.378 e. The Hall–Kier alpha value is -1.18. The van der Waals surface area contributed by atoms with Gasteiger partial charge in [0.25, 0.3) is 0 Å². The fraction of sp³-hybridized carbons (Fsp3) is 0.636. The molecule has 7 heteroatoms. The van der Waals surface area contributed by atoms with E-state index in [1.165, 1.54) is 11.3 Å². The molecule has 0 radical (unpaired) electrons. The van der Waals surface area contributed by atoms with Crippen molar-refractivity contribution in [1.82, 2.24) is 14.8 Å². The highest BCUT2D eigenvalue weighted by molar-refractivity contribution is 7.13. The maximum atomic E-state index is 12.1. The van der Waals surface area contributed by atoms with Gasteiger partial charge in [-0.1, -0.05) is 0 Å². The zero-order valence-corrected chi connectivity index (χ0v) is 10.9. The van der Waals surface area contributed by atoms with Crippen LogP contribution in [-0.4, -0.2) is 66.2 Å². The van der Waals surface area contributed by atoms with Gasteiger partial charge in [-0.15, -0.1) is 11.3 Å². The zero-order chi connectivity index (χ0) is 12.4. The first-order valence-electron chi connectivity index (χ1n) is 6.10. The first kappa shape index (κ1) is 11.9. The molecule has 2 amide bonds. The number of carbonyl (C=O) groups is 1. The minimum absolute atomic E-state index is 0.0600. The van der Waals surface area contributed by atoms with Crippen LogP contribution in [0.2, 0.25) is 0 Å². The van der Waals surface area contributed by atoms with Crippen molar-refractivity contribution >= 4 is 22.5 Å². The lowest BCUT2D eigenvalue weighted by Gasteiger charge is -2.43. The Morgan fingerprint density at radius 2 is 2.44 bits per heavy atom. The van der Waals surface area contributed by atoms with E-state index >= 15 is 0 Å². The van der Waals surface area contributed by atoms with E-state index in [0.717, 1.165) is 39.4 Å². The number of nitrogens with zero attached hydrogens (tertiary/aromatic N) is 3. The fourth-order valence-corrected chi connectivity index (χ4v) is 2.91. The Kier molecular flexibility index (Phi) is 3.44. The summed E-state index contributed by atoms with van der Waals surface area (Å²) in [5.74, 6) is 0. The van der Waals surface area contributed by atoms with Gasteiger partial charge in [-0.3, -0.25) is 10.2 Å². The van der Waals surface area contributed by atoms with E-state index in [4.69, 9.17) is 4.74 Å². The summed E-state index contributed by atoms with van der Waals surface area (Å²) < 4.78 is 5.46. The van der Waals surface area contributed by atoms with Gasteiger partial charge in [-0.25, -0.2) is 9.78 Å². The van der Waals surface area contributed by atoms with Gasteiger partial charge in [0, 0.05) is 37.8 Å². The molecule has 6 nitrogen and oxygen atoms in total. The molecule has 2 aliphatic heterocycles. The maximum Gasteiger partial charge on any atom is 0.323 e. The smallest absolute Gasteiger partial charge is 0.323 e. The van der Waals surface area contributed by atoms with Crippen molar-refractivity contribution in [3.63, 3.8) is 0 Å². The number of urea groups is 1. The van der Waals surface area contributed by atoms with Gasteiger partial charge in [0.05, 0.1) is 19.3 Å². The third-order valence-corrected chi connectivity index (χ3v) is 4.06. The van der Waals surface area contributed by atoms with Gasteiger partial charge in [0.2, 0.25) is 0 Å². The lowest BCUT2D eigenvalue weighted by atomic mass is 10.1. The number of morpholine rings is 1. The number of amides is 2. The van der Waals surface area contributed by atoms with Crippen LogP contribution in [-0.2, 0) is 4.74 Å². The van der Waals surface area contributed by atoms with Crippen molar-refractivity contribution in [2.45, 2.75) is 6.04 Å². The van der Waals surface area contributed by atoms with E-state index in [9.17, 15) is 4.79 Å². The van der Waals surface area contributed by atoms with Crippen LogP contribution in [0.25, 0.3) is 0 Å². The molecule has 0 aliphatic carbocycles. The van der Waals surface area contributed by atoms with Gasteiger partial charge in [0.15, 0.2) is 5.13 Å². The molecule has 0 saturated carbocycles. The second-order valence-electron chi connectivity index (χ2n) is 4.48. The fourth-order valence-electron chi connectivity index (χ4n) is 2.39. The molecule has 2 aliphatic rings. The van der Waals surface area contributed by atoms with Crippen molar-refractivity contribution in [3.05, 3.63) is 11.6 Å². The Morgan fingerprint density at radius 1 is 1.50 bits per heavy atom. The first-order valence-corrected chi connectivity index (χ1v) is 6.98. The quantitative estimate of drug-likeness (QED) is 0.814. The highest BCUT2D eigenvalue weighted by Crippen LogP contribution is 2.16. The third kappa shape index (κ3) is 2.47. The summed E-state index contributed by atoms with van der Waals surface area (Å²) in [7, 11) is 0. The van der Waals surface area contributed by atoms with E-state index < -0.39 is 0 Å². The number of fused-ring (bicyclic) bond motifs is 1. The number of anilines is 1. The van der Waals surface area contributed by atoms with Crippen molar-refractivity contribution in [3.8, 4) is 0 Å². The van der Waals surface area contributed by atoms with Crippen molar-refractivity contribution in [2.24, 2.45) is 0 Å². The molecule has 1 unspecified atom stereocenters. The van der Waals surface area contributed by atoms with Crippen LogP contribution >= 0.6 is 11.3 Å². The standard InChI is InChI=1S/C11H16N4O2S/c16-11(13-10-12-1-6-18-10)15-3-2-14-4-5-17-8-9(14)7-15/h1,6,9H,2-5,7-8H2,(H,12,13,16). The molecule has 1 N–H and O–H groups in total. The minimum Gasteiger partial charge on any atom is -0.378 e. The molecule has 0 bridgehead atoms. The highest BCUT2D eigenvalue weighted by Gasteiger charge is 2.31. The van der Waals surface area contributed by atoms with Crippen LogP contribution in [0.5, 0.6) is 0 Å². The molecule has 3 heterocycles. The monoisotopic (exact) mass is 268 g/mol. The van der Waals surface area contributed by atoms with Crippen LogP contribution < -0.4 is 5.32 Å². The average Bonchev–Trinajstić information content (AvgIpc) is 2.91. The van der Waals surface area contributed by atoms with Crippen molar-refractivity contribution < 1.29 is 9.53 Å². The number of rotatable bonds is 1. The number of hydrogen-bond acceptors (Lipinski definition) is 5. The molecular formula is C11H16N4O2S. The normalized spacial score (nSPS) is 24.7. The number of hydrogen-bond donors (Lipinski definition) is 1. The summed E-state index contributed by atoms with van der Waals surface area (Å²) in [5.41, 5.74) is 0. The van der Waals surface area contributed by atoms with E-state index in [1.54, 1.807) is 6.20 Å². The number of carbonyl (C=O) groups excluding carboxylic acids is 1. The van der Waals surface area contributed by atoms with Crippen molar-refractivity contribution in [2.75, 3.05) is 44.7 Å². The number of aromatic nitrogens is 1. The van der Waals surface area contributed by atoms with E-state index in [-0.39, 0.29) is 6.03 Å². The maximum absolute atomic E-state index is 12.1. The van der Waals surface area contributed by atoms with Crippen LogP contribution in [0.4, 0.5) is 9.93 Å². The van der Waals surface area contributed by atoms with Crippen LogP contribution in [0.3, 0.4) is 0 Å². The molecule has 0 spiro atoms. The molecule has 98 valence electrons. The van der Waals surface area contributed by atoms with Gasteiger partial charge in [0.1, 0.15) is 0 Å². The number of thiazole rings is 1. The van der Waals surface area contributed by atoms with Crippen LogP contribution in [0.1, 0.15) is 0 Å². The first-order chi connectivity index (χ1) is 8.83. The topological polar surface area (TPSA) is 57.7 Å². The summed E-state index contributed by atoms with van der Waals surface area (Å²) >= 11 is 1.43. The summed E-state index contributed by atoms with van der Waals surface area (Å²) in [6.07, 6.45) is 1.69. The molecule has 0 aromatic carbocycles. The van der Waals surface area contributed by atoms with Crippen LogP contribution in [0, 0.1) is 0 Å². The van der Waals surface area contributed by atoms with Crippen LogP contribution in [0.15, 0.2) is 11.6 Å². The Balaban J connectivity index is 1.58. The Morgan fingerprint density at radius 3 is 3.28 bits per heavy atom. The zero-order valence-electron chi connectivity index (χ0n) is 10.0. The number of piperazine rings is 1. The van der Waals surface area contributed by atoms with E-state index in [0.29, 0.717) is 11.2 Å². The molecule has 1 aromatic heterocycles. The average molecular weight is 268 g/mol. The summed E-state index contributed by atoms with van der Waals surface area (Å²) in [6, 6.07) is 0.282. The van der Waals surface area contributed by atoms with E-state index in [1.807, 2.05) is 10.3 Å². The van der Waals surface area contributed by atoms with Gasteiger partial charge >= 0.3 is 6.03 Å². The van der Waals surface area contributed by atoms with E-state index in [2.05, 4.69) is 15.2 Å². The molecule has 2 saturated heterocycles. The SMILES string of the molecule is O=C(Nc1nccs1)N1CCN2CCOCC2C1. The number of ether oxygens (including phenoxy) is 1. The lowest BCUT2D eigenvalue weighted by molar-refractivity contribution is -0.0355. The summed E-state index contributed by atoms with van der Waals surface area (Å²) in [4.78, 5) is 20.4. The molecule has 2 fully saturated rings. The van der Waals surface area contributed by atoms with Gasteiger partial charge in [-0.2, -0.15) is 0 Å². The predicted molar refractivity (Wildman–Crippen MR) is 68.9 cm³/mol. The predicted octanol–water partition coefficient (Wildman–Crippen LogP) is 0.691. The van der Waals surface area contributed by atoms with Gasteiger partial charge < -0.3 is 9.64 Å². The van der Waals surface area contributed by atoms with Crippen molar-refractivity contribution in [1.29, 1.82) is 0 Å². The lowest BCUT2D eigenvalue weighted by Crippen LogP contribution is -2.59. The minimum atomic E-state index is -0.0600. The number of nitrogens with one attached hydrogen (secondary N) is 1. The summed E-state index contributed by atoms with van der Waals surface area (Å²) in [6.45, 7) is 4.94. The second-order valence-corrected chi connectivity index (χ2v) is 5.37.